The smallest absolute Gasteiger partial charge is 0.243 e. The van der Waals surface area contributed by atoms with Crippen LogP contribution in [0.25, 0.3) is 22.0 Å². The molecule has 1 aliphatic rings. The Morgan fingerprint density at radius 3 is 2.44 bits per heavy atom. The van der Waals surface area contributed by atoms with Crippen LogP contribution in [-0.2, 0) is 19.6 Å². The van der Waals surface area contributed by atoms with Gasteiger partial charge in [0.05, 0.1) is 61.5 Å². The highest BCUT2D eigenvalue weighted by Gasteiger charge is 2.29. The summed E-state index contributed by atoms with van der Waals surface area (Å²) in [6.07, 6.45) is 3.96. The van der Waals surface area contributed by atoms with Crippen molar-refractivity contribution in [2.24, 2.45) is 0 Å². The van der Waals surface area contributed by atoms with Crippen LogP contribution in [-0.4, -0.2) is 83.2 Å². The summed E-state index contributed by atoms with van der Waals surface area (Å²) >= 11 is 13.3. The van der Waals surface area contributed by atoms with E-state index in [0.29, 0.717) is 58.4 Å². The minimum atomic E-state index is -3.38. The van der Waals surface area contributed by atoms with Crippen molar-refractivity contribution in [1.29, 1.82) is 0 Å². The largest absolute Gasteiger partial charge is 0.495 e. The lowest BCUT2D eigenvalue weighted by atomic mass is 10.1. The molecule has 0 saturated carbocycles. The van der Waals surface area contributed by atoms with Crippen molar-refractivity contribution in [2.45, 2.75) is 12.1 Å². The molecular weight excluding hydrogens is 595 g/mol. The van der Waals surface area contributed by atoms with Gasteiger partial charge in [0.25, 0.3) is 0 Å². The molecule has 4 N–H and O–H groups in total. The molecule has 1 saturated heterocycles. The number of pyridine rings is 2. The third-order valence-electron chi connectivity index (χ3n) is 6.25. The number of benzene rings is 1. The van der Waals surface area contributed by atoms with Crippen molar-refractivity contribution in [3.05, 3.63) is 47.1 Å². The summed E-state index contributed by atoms with van der Waals surface area (Å²) in [6.45, 7) is 4.57. The minimum absolute atomic E-state index is 0.126. The number of amides is 1. The molecule has 1 aromatic carbocycles. The zero-order valence-electron chi connectivity index (χ0n) is 22.6. The fraction of sp³-hybridized carbons (Fsp3) is 0.346. The first-order chi connectivity index (χ1) is 19.5. The van der Waals surface area contributed by atoms with Crippen molar-refractivity contribution >= 4 is 61.5 Å². The fourth-order valence-corrected chi connectivity index (χ4v) is 5.45. The monoisotopic (exact) mass is 624 g/mol. The van der Waals surface area contributed by atoms with Crippen molar-refractivity contribution in [3.8, 4) is 22.8 Å². The predicted octanol–water partition coefficient (Wildman–Crippen LogP) is 3.06. The molecule has 12 nitrogen and oxygen atoms in total. The van der Waals surface area contributed by atoms with Crippen LogP contribution in [0.4, 0.5) is 11.6 Å². The second-order valence-corrected chi connectivity index (χ2v) is 11.7. The van der Waals surface area contributed by atoms with E-state index in [1.807, 2.05) is 0 Å². The lowest BCUT2D eigenvalue weighted by molar-refractivity contribution is -0.117. The number of methoxy groups -OCH3 is 2. The molecule has 15 heteroatoms. The van der Waals surface area contributed by atoms with Crippen LogP contribution in [0.2, 0.25) is 10.0 Å². The van der Waals surface area contributed by atoms with Gasteiger partial charge in [-0.15, -0.1) is 0 Å². The number of sulfonamides is 1. The molecule has 0 bridgehead atoms. The van der Waals surface area contributed by atoms with Gasteiger partial charge in [0, 0.05) is 41.7 Å². The number of halogens is 2. The van der Waals surface area contributed by atoms with E-state index in [2.05, 4.69) is 32.2 Å². The Balaban J connectivity index is 1.75. The first-order valence-electron chi connectivity index (χ1n) is 12.4. The second kappa shape index (κ2) is 13.1. The van der Waals surface area contributed by atoms with Gasteiger partial charge in [-0.25, -0.2) is 23.1 Å². The highest BCUT2D eigenvalue weighted by atomic mass is 35.5. The molecule has 1 amide bonds. The van der Waals surface area contributed by atoms with Gasteiger partial charge in [-0.05, 0) is 18.2 Å². The molecule has 1 aliphatic heterocycles. The van der Waals surface area contributed by atoms with E-state index >= 15 is 0 Å². The van der Waals surface area contributed by atoms with Gasteiger partial charge in [-0.2, -0.15) is 0 Å². The molecule has 2 aromatic heterocycles. The van der Waals surface area contributed by atoms with E-state index in [4.69, 9.17) is 42.4 Å². The van der Waals surface area contributed by atoms with Gasteiger partial charge in [-0.3, -0.25) is 4.79 Å². The van der Waals surface area contributed by atoms with Crippen LogP contribution in [0.3, 0.4) is 0 Å². The normalized spacial score (nSPS) is 16.8. The van der Waals surface area contributed by atoms with Crippen LogP contribution >= 0.6 is 23.2 Å². The molecule has 0 spiro atoms. The lowest BCUT2D eigenvalue weighted by Crippen LogP contribution is -2.45. The molecule has 220 valence electrons. The van der Waals surface area contributed by atoms with Gasteiger partial charge in [-0.1, -0.05) is 29.8 Å². The number of fused-ring (bicyclic) bond motifs is 1. The Kier molecular flexibility index (Phi) is 9.76. The first kappa shape index (κ1) is 30.6. The maximum absolute atomic E-state index is 11.8. The predicted molar refractivity (Wildman–Crippen MR) is 160 cm³/mol. The van der Waals surface area contributed by atoms with Crippen LogP contribution in [0, 0.1) is 0 Å². The number of anilines is 2. The van der Waals surface area contributed by atoms with Gasteiger partial charge in [0.1, 0.15) is 23.1 Å². The van der Waals surface area contributed by atoms with E-state index in [0.717, 1.165) is 6.26 Å². The quantitative estimate of drug-likeness (QED) is 0.175. The van der Waals surface area contributed by atoms with Gasteiger partial charge >= 0.3 is 0 Å². The van der Waals surface area contributed by atoms with Crippen LogP contribution < -0.4 is 30.1 Å². The average Bonchev–Trinajstić information content (AvgIpc) is 3.36. The van der Waals surface area contributed by atoms with Crippen LogP contribution in [0.5, 0.6) is 11.5 Å². The minimum Gasteiger partial charge on any atom is -0.495 e. The highest BCUT2D eigenvalue weighted by Crippen LogP contribution is 2.46. The summed E-state index contributed by atoms with van der Waals surface area (Å²) in [7, 11) is -0.413. The number of ether oxygens (including phenoxy) is 3. The molecule has 2 atom stereocenters. The molecule has 3 aromatic rings. The van der Waals surface area contributed by atoms with E-state index in [9.17, 15) is 13.2 Å². The lowest BCUT2D eigenvalue weighted by Gasteiger charge is -2.21. The SMILES string of the molecule is C=CC(=O)N[C@H]1COC[C@H]1Nc1cc2c(NCCNS(C)(=O)=O)nc(-c3c(Cl)c(OC)cc(OC)c3Cl)cc2cn1. The molecular formula is C26H30Cl2N6O6S. The molecule has 1 fully saturated rings. The maximum atomic E-state index is 11.8. The fourth-order valence-electron chi connectivity index (χ4n) is 4.29. The zero-order valence-corrected chi connectivity index (χ0v) is 24.9. The third-order valence-corrected chi connectivity index (χ3v) is 7.73. The number of nitrogens with zero attached hydrogens (tertiary/aromatic N) is 2. The molecule has 0 aliphatic carbocycles. The second-order valence-electron chi connectivity index (χ2n) is 9.13. The van der Waals surface area contributed by atoms with Gasteiger partial charge < -0.3 is 30.2 Å². The van der Waals surface area contributed by atoms with E-state index < -0.39 is 10.0 Å². The summed E-state index contributed by atoms with van der Waals surface area (Å²) < 4.78 is 41.9. The number of nitrogens with one attached hydrogen (secondary N) is 4. The van der Waals surface area contributed by atoms with Crippen LogP contribution in [0.1, 0.15) is 0 Å². The number of aromatic nitrogens is 2. The third kappa shape index (κ3) is 7.29. The Morgan fingerprint density at radius 1 is 1.12 bits per heavy atom. The van der Waals surface area contributed by atoms with Gasteiger partial charge in [0.15, 0.2) is 0 Å². The Labute approximate surface area is 247 Å². The van der Waals surface area contributed by atoms with Crippen LogP contribution in [0.15, 0.2) is 37.1 Å². The Hall–Kier alpha value is -3.36. The Morgan fingerprint density at radius 2 is 1.80 bits per heavy atom. The Bertz CT molecular complexity index is 1540. The molecule has 3 heterocycles. The average molecular weight is 626 g/mol. The standard InChI is InChI=1S/C26H30Cl2N6O6S/c1-5-22(35)33-18-13-40-12-17(18)32-21-9-15-14(11-30-21)8-16(34-26(15)29-6-7-31-41(4,36)37)23-24(27)19(38-2)10-20(39-3)25(23)28/h5,8-11,17-18,31H,1,6-7,12-13H2,2-4H3,(H,29,34)(H,30,32)(H,33,35)/t17-,18+/m1/s1. The highest BCUT2D eigenvalue weighted by molar-refractivity contribution is 7.88. The van der Waals surface area contributed by atoms with E-state index in [1.54, 1.807) is 24.4 Å². The summed E-state index contributed by atoms with van der Waals surface area (Å²) in [4.78, 5) is 21.2. The van der Waals surface area contributed by atoms with Crippen molar-refractivity contribution < 1.29 is 27.4 Å². The zero-order chi connectivity index (χ0) is 29.7. The summed E-state index contributed by atoms with van der Waals surface area (Å²) in [5.74, 6) is 1.37. The maximum Gasteiger partial charge on any atom is 0.243 e. The summed E-state index contributed by atoms with van der Waals surface area (Å²) in [5, 5.41) is 11.2. The summed E-state index contributed by atoms with van der Waals surface area (Å²) in [5.41, 5.74) is 0.817. The van der Waals surface area contributed by atoms with Crippen molar-refractivity contribution in [2.75, 3.05) is 57.4 Å². The van der Waals surface area contributed by atoms with E-state index in [-0.39, 0.29) is 41.1 Å². The van der Waals surface area contributed by atoms with E-state index in [1.165, 1.54) is 20.3 Å². The first-order valence-corrected chi connectivity index (χ1v) is 15.1. The molecule has 0 radical (unpaired) electrons. The van der Waals surface area contributed by atoms with Gasteiger partial charge in [0.2, 0.25) is 15.9 Å². The molecule has 4 rings (SSSR count). The number of rotatable bonds is 12. The van der Waals surface area contributed by atoms with Crippen molar-refractivity contribution in [1.82, 2.24) is 20.0 Å². The number of hydrogen-bond donors (Lipinski definition) is 4. The summed E-state index contributed by atoms with van der Waals surface area (Å²) in [6, 6.07) is 4.67. The molecule has 41 heavy (non-hydrogen) atoms. The topological polar surface area (TPSA) is 153 Å². The number of carbonyl (C=O) groups is 1. The number of hydrogen-bond acceptors (Lipinski definition) is 10. The number of carbonyl (C=O) groups excluding carboxylic acids is 1. The molecule has 0 unspecified atom stereocenters. The van der Waals surface area contributed by atoms with Crippen molar-refractivity contribution in [3.63, 3.8) is 0 Å².